The molecule has 0 bridgehead atoms. The SMILES string of the molecule is C#CCCCCC(=O)N1CCC(C#N)CC1. The summed E-state index contributed by atoms with van der Waals surface area (Å²) in [7, 11) is 0. The molecule has 1 amide bonds. The number of amides is 1. The van der Waals surface area contributed by atoms with Crippen molar-refractivity contribution in [2.45, 2.75) is 38.5 Å². The van der Waals surface area contributed by atoms with E-state index >= 15 is 0 Å². The number of carbonyl (C=O) groups is 1. The third kappa shape index (κ3) is 3.95. The summed E-state index contributed by atoms with van der Waals surface area (Å²) in [6, 6.07) is 2.26. The van der Waals surface area contributed by atoms with E-state index in [0.29, 0.717) is 6.42 Å². The van der Waals surface area contributed by atoms with Crippen LogP contribution in [0.1, 0.15) is 38.5 Å². The zero-order valence-electron chi connectivity index (χ0n) is 9.61. The molecule has 0 aliphatic carbocycles. The average molecular weight is 218 g/mol. The summed E-state index contributed by atoms with van der Waals surface area (Å²) in [5, 5.41) is 8.74. The van der Waals surface area contributed by atoms with Crippen molar-refractivity contribution in [2.75, 3.05) is 13.1 Å². The van der Waals surface area contributed by atoms with E-state index < -0.39 is 0 Å². The summed E-state index contributed by atoms with van der Waals surface area (Å²) in [5.74, 6) is 2.93. The van der Waals surface area contributed by atoms with E-state index in [9.17, 15) is 4.79 Å². The summed E-state index contributed by atoms with van der Waals surface area (Å²) in [5.41, 5.74) is 0. The van der Waals surface area contributed by atoms with Gasteiger partial charge in [-0.15, -0.1) is 12.3 Å². The molecule has 3 nitrogen and oxygen atoms in total. The zero-order valence-corrected chi connectivity index (χ0v) is 9.61. The van der Waals surface area contributed by atoms with E-state index in [-0.39, 0.29) is 11.8 Å². The maximum absolute atomic E-state index is 11.7. The largest absolute Gasteiger partial charge is 0.343 e. The van der Waals surface area contributed by atoms with Gasteiger partial charge in [0.2, 0.25) is 5.91 Å². The van der Waals surface area contributed by atoms with Crippen molar-refractivity contribution in [1.82, 2.24) is 4.90 Å². The van der Waals surface area contributed by atoms with Gasteiger partial charge >= 0.3 is 0 Å². The third-order valence-corrected chi connectivity index (χ3v) is 2.99. The Labute approximate surface area is 97.4 Å². The number of hydrogen-bond donors (Lipinski definition) is 0. The first kappa shape index (κ1) is 12.6. The number of hydrogen-bond acceptors (Lipinski definition) is 2. The van der Waals surface area contributed by atoms with Crippen molar-refractivity contribution < 1.29 is 4.79 Å². The van der Waals surface area contributed by atoms with E-state index in [2.05, 4.69) is 12.0 Å². The molecule has 86 valence electrons. The maximum Gasteiger partial charge on any atom is 0.222 e. The molecule has 1 aliphatic rings. The topological polar surface area (TPSA) is 44.1 Å². The van der Waals surface area contributed by atoms with E-state index in [0.717, 1.165) is 45.2 Å². The number of nitriles is 1. The number of unbranched alkanes of at least 4 members (excludes halogenated alkanes) is 2. The number of carbonyl (C=O) groups excluding carboxylic acids is 1. The molecule has 0 N–H and O–H groups in total. The third-order valence-electron chi connectivity index (χ3n) is 2.99. The van der Waals surface area contributed by atoms with Gasteiger partial charge in [0, 0.05) is 31.8 Å². The molecule has 1 heterocycles. The van der Waals surface area contributed by atoms with Crippen LogP contribution >= 0.6 is 0 Å². The highest BCUT2D eigenvalue weighted by Gasteiger charge is 2.21. The van der Waals surface area contributed by atoms with Crippen LogP contribution in [0.25, 0.3) is 0 Å². The molecule has 0 spiro atoms. The number of piperidine rings is 1. The Hall–Kier alpha value is -1.48. The van der Waals surface area contributed by atoms with Crippen LogP contribution in [0.4, 0.5) is 0 Å². The van der Waals surface area contributed by atoms with Crippen LogP contribution in [0.5, 0.6) is 0 Å². The first-order valence-corrected chi connectivity index (χ1v) is 5.88. The predicted molar refractivity (Wildman–Crippen MR) is 62.2 cm³/mol. The molecule has 0 atom stereocenters. The number of terminal acetylenes is 1. The second-order valence-corrected chi connectivity index (χ2v) is 4.20. The molecule has 16 heavy (non-hydrogen) atoms. The maximum atomic E-state index is 11.7. The summed E-state index contributed by atoms with van der Waals surface area (Å²) in [4.78, 5) is 13.6. The van der Waals surface area contributed by atoms with Crippen molar-refractivity contribution in [3.05, 3.63) is 0 Å². The summed E-state index contributed by atoms with van der Waals surface area (Å²) in [6.45, 7) is 1.48. The molecule has 0 radical (unpaired) electrons. The number of nitrogens with zero attached hydrogens (tertiary/aromatic N) is 2. The Balaban J connectivity index is 2.19. The van der Waals surface area contributed by atoms with Gasteiger partial charge in [-0.25, -0.2) is 0 Å². The summed E-state index contributed by atoms with van der Waals surface area (Å²) in [6.07, 6.45) is 9.95. The number of likely N-dealkylation sites (tertiary alicyclic amines) is 1. The van der Waals surface area contributed by atoms with Gasteiger partial charge in [-0.05, 0) is 25.7 Å². The Bertz CT molecular complexity index is 303. The van der Waals surface area contributed by atoms with Crippen molar-refractivity contribution in [3.8, 4) is 18.4 Å². The Morgan fingerprint density at radius 1 is 1.38 bits per heavy atom. The molecule has 0 aromatic carbocycles. The minimum Gasteiger partial charge on any atom is -0.343 e. The van der Waals surface area contributed by atoms with Crippen LogP contribution < -0.4 is 0 Å². The van der Waals surface area contributed by atoms with Gasteiger partial charge < -0.3 is 4.90 Å². The smallest absolute Gasteiger partial charge is 0.222 e. The van der Waals surface area contributed by atoms with Gasteiger partial charge in [0.25, 0.3) is 0 Å². The highest BCUT2D eigenvalue weighted by Crippen LogP contribution is 2.17. The Morgan fingerprint density at radius 2 is 2.06 bits per heavy atom. The van der Waals surface area contributed by atoms with Crippen molar-refractivity contribution in [3.63, 3.8) is 0 Å². The van der Waals surface area contributed by atoms with Gasteiger partial charge in [0.15, 0.2) is 0 Å². The number of rotatable bonds is 4. The second kappa shape index (κ2) is 6.90. The van der Waals surface area contributed by atoms with Gasteiger partial charge in [-0.1, -0.05) is 0 Å². The molecule has 1 rings (SSSR count). The molecule has 3 heteroatoms. The standard InChI is InChI=1S/C13H18N2O/c1-2-3-4-5-6-13(16)15-9-7-12(11-14)8-10-15/h1,12H,3-10H2. The quantitative estimate of drug-likeness (QED) is 0.534. The lowest BCUT2D eigenvalue weighted by molar-refractivity contribution is -0.132. The van der Waals surface area contributed by atoms with Gasteiger partial charge in [0.05, 0.1) is 6.07 Å². The van der Waals surface area contributed by atoms with E-state index in [1.807, 2.05) is 4.90 Å². The minimum absolute atomic E-state index is 0.144. The fraction of sp³-hybridized carbons (Fsp3) is 0.692. The van der Waals surface area contributed by atoms with Crippen LogP contribution in [0.15, 0.2) is 0 Å². The normalized spacial score (nSPS) is 16.5. The van der Waals surface area contributed by atoms with Gasteiger partial charge in [-0.2, -0.15) is 5.26 Å². The molecule has 0 aromatic rings. The Morgan fingerprint density at radius 3 is 2.62 bits per heavy atom. The van der Waals surface area contributed by atoms with Crippen molar-refractivity contribution in [2.24, 2.45) is 5.92 Å². The molecule has 1 saturated heterocycles. The first-order chi connectivity index (χ1) is 7.77. The van der Waals surface area contributed by atoms with E-state index in [1.54, 1.807) is 0 Å². The molecular formula is C13H18N2O. The van der Waals surface area contributed by atoms with Crippen LogP contribution in [0.3, 0.4) is 0 Å². The fourth-order valence-electron chi connectivity index (χ4n) is 1.92. The molecule has 0 saturated carbocycles. The predicted octanol–water partition coefficient (Wildman–Crippen LogP) is 1.94. The first-order valence-electron chi connectivity index (χ1n) is 5.88. The summed E-state index contributed by atoms with van der Waals surface area (Å²) < 4.78 is 0. The monoisotopic (exact) mass is 218 g/mol. The Kier molecular flexibility index (Phi) is 5.43. The van der Waals surface area contributed by atoms with Crippen LogP contribution in [0.2, 0.25) is 0 Å². The zero-order chi connectivity index (χ0) is 11.8. The average Bonchev–Trinajstić information content (AvgIpc) is 2.34. The van der Waals surface area contributed by atoms with E-state index in [1.165, 1.54) is 0 Å². The highest BCUT2D eigenvalue weighted by atomic mass is 16.2. The van der Waals surface area contributed by atoms with Crippen LogP contribution in [0, 0.1) is 29.6 Å². The van der Waals surface area contributed by atoms with Crippen LogP contribution in [-0.4, -0.2) is 23.9 Å². The van der Waals surface area contributed by atoms with Crippen LogP contribution in [-0.2, 0) is 4.79 Å². The molecule has 1 aliphatic heterocycles. The molecular weight excluding hydrogens is 200 g/mol. The molecule has 0 aromatic heterocycles. The lowest BCUT2D eigenvalue weighted by Crippen LogP contribution is -2.38. The second-order valence-electron chi connectivity index (χ2n) is 4.20. The fourth-order valence-corrected chi connectivity index (χ4v) is 1.92. The summed E-state index contributed by atoms with van der Waals surface area (Å²) >= 11 is 0. The molecule has 0 unspecified atom stereocenters. The van der Waals surface area contributed by atoms with Gasteiger partial charge in [0.1, 0.15) is 0 Å². The van der Waals surface area contributed by atoms with Crippen molar-refractivity contribution >= 4 is 5.91 Å². The van der Waals surface area contributed by atoms with E-state index in [4.69, 9.17) is 11.7 Å². The lowest BCUT2D eigenvalue weighted by Gasteiger charge is -2.29. The molecule has 1 fully saturated rings. The highest BCUT2D eigenvalue weighted by molar-refractivity contribution is 5.76. The minimum atomic E-state index is 0.144. The van der Waals surface area contributed by atoms with Gasteiger partial charge in [-0.3, -0.25) is 4.79 Å². The van der Waals surface area contributed by atoms with Crippen molar-refractivity contribution in [1.29, 1.82) is 5.26 Å². The lowest BCUT2D eigenvalue weighted by atomic mass is 9.98.